The van der Waals surface area contributed by atoms with E-state index in [-0.39, 0.29) is 11.1 Å². The Morgan fingerprint density at radius 3 is 2.46 bits per heavy atom. The molecule has 6 heteroatoms. The van der Waals surface area contributed by atoms with Crippen molar-refractivity contribution in [1.82, 2.24) is 4.98 Å². The lowest BCUT2D eigenvalue weighted by Gasteiger charge is -2.13. The van der Waals surface area contributed by atoms with Gasteiger partial charge in [0.05, 0.1) is 22.3 Å². The fourth-order valence-corrected chi connectivity index (χ4v) is 2.93. The first-order valence-electron chi connectivity index (χ1n) is 7.17. The minimum Gasteiger partial charge on any atom is -0.478 e. The second kappa shape index (κ2) is 6.41. The molecule has 3 rings (SSSR count). The van der Waals surface area contributed by atoms with Crippen molar-refractivity contribution in [3.8, 4) is 0 Å². The maximum absolute atomic E-state index is 12.7. The molecule has 120 valence electrons. The topological polar surface area (TPSA) is 79.3 Å². The molecule has 2 N–H and O–H groups in total. The molecule has 0 saturated heterocycles. The summed E-state index contributed by atoms with van der Waals surface area (Å²) in [7, 11) is 0. The second-order valence-electron chi connectivity index (χ2n) is 5.23. The molecule has 0 aliphatic rings. The number of aromatic nitrogens is 1. The zero-order valence-corrected chi connectivity index (χ0v) is 14.3. The van der Waals surface area contributed by atoms with Gasteiger partial charge in [-0.05, 0) is 37.3 Å². The van der Waals surface area contributed by atoms with Crippen molar-refractivity contribution < 1.29 is 14.7 Å². The van der Waals surface area contributed by atoms with E-state index in [0.717, 1.165) is 4.47 Å². The van der Waals surface area contributed by atoms with Crippen LogP contribution >= 0.6 is 15.9 Å². The van der Waals surface area contributed by atoms with E-state index in [9.17, 15) is 14.7 Å². The second-order valence-corrected chi connectivity index (χ2v) is 6.15. The number of benzene rings is 2. The van der Waals surface area contributed by atoms with Gasteiger partial charge >= 0.3 is 5.97 Å². The Kier molecular flexibility index (Phi) is 4.31. The number of hydrogen-bond acceptors (Lipinski definition) is 3. The van der Waals surface area contributed by atoms with Crippen LogP contribution in [0.3, 0.4) is 0 Å². The summed E-state index contributed by atoms with van der Waals surface area (Å²) >= 11 is 3.33. The van der Waals surface area contributed by atoms with E-state index in [0.29, 0.717) is 22.3 Å². The van der Waals surface area contributed by atoms with Crippen molar-refractivity contribution in [2.45, 2.75) is 6.92 Å². The van der Waals surface area contributed by atoms with Crippen molar-refractivity contribution in [2.24, 2.45) is 0 Å². The summed E-state index contributed by atoms with van der Waals surface area (Å²) in [6.07, 6.45) is 0. The number of rotatable bonds is 3. The van der Waals surface area contributed by atoms with Crippen molar-refractivity contribution in [3.63, 3.8) is 0 Å². The number of carboxylic acid groups (broad SMARTS) is 1. The molecule has 5 nitrogen and oxygen atoms in total. The monoisotopic (exact) mass is 384 g/mol. The Labute approximate surface area is 146 Å². The number of aryl methyl sites for hydroxylation is 1. The maximum atomic E-state index is 12.7. The fraction of sp³-hybridized carbons (Fsp3) is 0.0556. The molecular weight excluding hydrogens is 372 g/mol. The summed E-state index contributed by atoms with van der Waals surface area (Å²) < 4.78 is 0.720. The van der Waals surface area contributed by atoms with Crippen LogP contribution in [0.2, 0.25) is 0 Å². The average Bonchev–Trinajstić information content (AvgIpc) is 2.54. The van der Waals surface area contributed by atoms with Crippen LogP contribution in [-0.2, 0) is 0 Å². The van der Waals surface area contributed by atoms with Crippen LogP contribution < -0.4 is 5.32 Å². The summed E-state index contributed by atoms with van der Waals surface area (Å²) in [4.78, 5) is 28.9. The molecule has 0 atom stereocenters. The van der Waals surface area contributed by atoms with E-state index in [1.807, 2.05) is 6.07 Å². The lowest BCUT2D eigenvalue weighted by Crippen LogP contribution is -2.19. The van der Waals surface area contributed by atoms with Gasteiger partial charge in [0.25, 0.3) is 5.91 Å². The molecule has 0 aliphatic heterocycles. The predicted molar refractivity (Wildman–Crippen MR) is 95.5 cm³/mol. The van der Waals surface area contributed by atoms with Crippen molar-refractivity contribution in [1.29, 1.82) is 0 Å². The molecule has 1 amide bonds. The van der Waals surface area contributed by atoms with Gasteiger partial charge in [-0.1, -0.05) is 34.1 Å². The Morgan fingerprint density at radius 2 is 1.79 bits per heavy atom. The maximum Gasteiger partial charge on any atom is 0.337 e. The fourth-order valence-electron chi connectivity index (χ4n) is 2.57. The zero-order chi connectivity index (χ0) is 17.3. The minimum atomic E-state index is -1.16. The van der Waals surface area contributed by atoms with Gasteiger partial charge in [0, 0.05) is 15.5 Å². The molecule has 0 spiro atoms. The van der Waals surface area contributed by atoms with E-state index >= 15 is 0 Å². The smallest absolute Gasteiger partial charge is 0.337 e. The van der Waals surface area contributed by atoms with Crippen LogP contribution in [-0.4, -0.2) is 22.0 Å². The predicted octanol–water partition coefficient (Wildman–Crippen LogP) is 4.26. The summed E-state index contributed by atoms with van der Waals surface area (Å²) in [5, 5.41) is 12.8. The molecule has 1 aromatic heterocycles. The molecule has 3 aromatic rings. The molecule has 2 aromatic carbocycles. The number of carboxylic acids is 1. The summed E-state index contributed by atoms with van der Waals surface area (Å²) in [6, 6.07) is 14.0. The molecule has 0 unspecified atom stereocenters. The number of aromatic carboxylic acids is 1. The highest BCUT2D eigenvalue weighted by Gasteiger charge is 2.24. The lowest BCUT2D eigenvalue weighted by atomic mass is 10.00. The number of pyridine rings is 1. The number of amides is 1. The first kappa shape index (κ1) is 16.1. The van der Waals surface area contributed by atoms with Gasteiger partial charge < -0.3 is 10.4 Å². The van der Waals surface area contributed by atoms with Crippen LogP contribution in [0, 0.1) is 6.92 Å². The Balaban J connectivity index is 2.19. The molecule has 24 heavy (non-hydrogen) atoms. The van der Waals surface area contributed by atoms with Gasteiger partial charge in [-0.15, -0.1) is 0 Å². The van der Waals surface area contributed by atoms with Crippen LogP contribution in [0.15, 0.2) is 53.0 Å². The van der Waals surface area contributed by atoms with Crippen LogP contribution in [0.25, 0.3) is 10.9 Å². The number of halogens is 1. The number of para-hydroxylation sites is 1. The van der Waals surface area contributed by atoms with Gasteiger partial charge in [-0.25, -0.2) is 4.79 Å². The number of carbonyl (C=O) groups excluding carboxylic acids is 1. The molecule has 0 radical (unpaired) electrons. The quantitative estimate of drug-likeness (QED) is 0.706. The van der Waals surface area contributed by atoms with E-state index in [2.05, 4.69) is 26.2 Å². The highest BCUT2D eigenvalue weighted by molar-refractivity contribution is 9.10. The third-order valence-electron chi connectivity index (χ3n) is 3.60. The number of fused-ring (bicyclic) bond motifs is 1. The Morgan fingerprint density at radius 1 is 1.08 bits per heavy atom. The third kappa shape index (κ3) is 3.00. The van der Waals surface area contributed by atoms with Crippen molar-refractivity contribution in [3.05, 3.63) is 69.8 Å². The van der Waals surface area contributed by atoms with Crippen LogP contribution in [0.1, 0.15) is 26.4 Å². The Bertz CT molecular complexity index is 955. The highest BCUT2D eigenvalue weighted by atomic mass is 79.9. The van der Waals surface area contributed by atoms with E-state index in [1.54, 1.807) is 49.4 Å². The number of nitrogens with zero attached hydrogens (tertiary/aromatic N) is 1. The summed E-state index contributed by atoms with van der Waals surface area (Å²) in [6.45, 7) is 1.63. The molecule has 0 bridgehead atoms. The molecular formula is C18H13BrN2O3. The number of anilines is 1. The average molecular weight is 385 g/mol. The standard InChI is InChI=1S/C18H13BrN2O3/c1-10-15(17(22)21-12-5-3-2-4-6-12)16(18(23)24)13-9-11(19)7-8-14(13)20-10/h2-9H,1H3,(H,21,22)(H,23,24). The number of carbonyl (C=O) groups is 2. The van der Waals surface area contributed by atoms with Crippen LogP contribution in [0.5, 0.6) is 0 Å². The third-order valence-corrected chi connectivity index (χ3v) is 4.09. The molecule has 0 aliphatic carbocycles. The van der Waals surface area contributed by atoms with E-state index in [4.69, 9.17) is 0 Å². The largest absolute Gasteiger partial charge is 0.478 e. The van der Waals surface area contributed by atoms with Crippen molar-refractivity contribution in [2.75, 3.05) is 5.32 Å². The van der Waals surface area contributed by atoms with Gasteiger partial charge in [0.2, 0.25) is 0 Å². The van der Waals surface area contributed by atoms with Gasteiger partial charge in [-0.2, -0.15) is 0 Å². The van der Waals surface area contributed by atoms with Gasteiger partial charge in [0.1, 0.15) is 0 Å². The van der Waals surface area contributed by atoms with Gasteiger partial charge in [0.15, 0.2) is 0 Å². The zero-order valence-electron chi connectivity index (χ0n) is 12.7. The van der Waals surface area contributed by atoms with E-state index < -0.39 is 11.9 Å². The van der Waals surface area contributed by atoms with Crippen LogP contribution in [0.4, 0.5) is 5.69 Å². The lowest BCUT2D eigenvalue weighted by molar-refractivity contribution is 0.0694. The number of hydrogen-bond donors (Lipinski definition) is 2. The molecule has 1 heterocycles. The Hall–Kier alpha value is -2.73. The summed E-state index contributed by atoms with van der Waals surface area (Å²) in [5.74, 6) is -1.66. The first-order chi connectivity index (χ1) is 11.5. The minimum absolute atomic E-state index is 0.0489. The summed E-state index contributed by atoms with van der Waals surface area (Å²) in [5.41, 5.74) is 1.51. The molecule has 0 saturated carbocycles. The SMILES string of the molecule is Cc1nc2ccc(Br)cc2c(C(=O)O)c1C(=O)Nc1ccccc1. The highest BCUT2D eigenvalue weighted by Crippen LogP contribution is 2.27. The van der Waals surface area contributed by atoms with Crippen molar-refractivity contribution >= 4 is 44.4 Å². The molecule has 0 fully saturated rings. The first-order valence-corrected chi connectivity index (χ1v) is 7.96. The number of nitrogens with one attached hydrogen (secondary N) is 1. The van der Waals surface area contributed by atoms with E-state index in [1.165, 1.54) is 0 Å². The normalized spacial score (nSPS) is 10.6. The van der Waals surface area contributed by atoms with Gasteiger partial charge in [-0.3, -0.25) is 9.78 Å².